The molecule has 28 heavy (non-hydrogen) atoms. The van der Waals surface area contributed by atoms with Gasteiger partial charge in [-0.2, -0.15) is 0 Å². The summed E-state index contributed by atoms with van der Waals surface area (Å²) in [5.41, 5.74) is 3.51. The Morgan fingerprint density at radius 3 is 2.50 bits per heavy atom. The monoisotopic (exact) mass is 373 g/mol. The van der Waals surface area contributed by atoms with Gasteiger partial charge in [0.2, 0.25) is 0 Å². The lowest BCUT2D eigenvalue weighted by Gasteiger charge is -2.29. The van der Waals surface area contributed by atoms with E-state index in [0.717, 1.165) is 27.8 Å². The van der Waals surface area contributed by atoms with E-state index in [0.29, 0.717) is 6.42 Å². The molecule has 0 aliphatic carbocycles. The molecular weight excluding hydrogens is 350 g/mol. The molecule has 0 aliphatic heterocycles. The van der Waals surface area contributed by atoms with Crippen LogP contribution in [0.3, 0.4) is 0 Å². The number of benzene rings is 2. The number of pyridine rings is 1. The van der Waals surface area contributed by atoms with Crippen molar-refractivity contribution in [3.05, 3.63) is 72.2 Å². The van der Waals surface area contributed by atoms with Crippen molar-refractivity contribution in [2.24, 2.45) is 0 Å². The van der Waals surface area contributed by atoms with E-state index in [1.165, 1.54) is 12.5 Å². The summed E-state index contributed by atoms with van der Waals surface area (Å²) in [5.74, 6) is 0.644. The van der Waals surface area contributed by atoms with Crippen molar-refractivity contribution >= 4 is 27.9 Å². The van der Waals surface area contributed by atoms with Crippen LogP contribution in [0.2, 0.25) is 0 Å². The SMILES string of the molecule is CC(=O)OCC(C)(C)n1c(Cc2ccccc2)nc2cnc3ccccc3c21. The lowest BCUT2D eigenvalue weighted by atomic mass is 10.0. The van der Waals surface area contributed by atoms with Crippen LogP contribution in [0, 0.1) is 0 Å². The van der Waals surface area contributed by atoms with E-state index < -0.39 is 5.54 Å². The van der Waals surface area contributed by atoms with Crippen LogP contribution < -0.4 is 0 Å². The first-order valence-electron chi connectivity index (χ1n) is 9.38. The summed E-state index contributed by atoms with van der Waals surface area (Å²) < 4.78 is 7.60. The molecule has 0 saturated heterocycles. The van der Waals surface area contributed by atoms with Gasteiger partial charge in [0.05, 0.1) is 22.8 Å². The molecule has 4 rings (SSSR count). The van der Waals surface area contributed by atoms with Gasteiger partial charge in [0.1, 0.15) is 17.9 Å². The molecule has 5 heteroatoms. The van der Waals surface area contributed by atoms with Gasteiger partial charge in [-0.15, -0.1) is 0 Å². The normalized spacial score (nSPS) is 11.8. The van der Waals surface area contributed by atoms with E-state index in [9.17, 15) is 4.79 Å². The van der Waals surface area contributed by atoms with Gasteiger partial charge in [-0.05, 0) is 25.5 Å². The van der Waals surface area contributed by atoms with E-state index in [2.05, 4.69) is 41.6 Å². The second-order valence-corrected chi connectivity index (χ2v) is 7.63. The Morgan fingerprint density at radius 2 is 1.75 bits per heavy atom. The topological polar surface area (TPSA) is 57.0 Å². The molecule has 2 aromatic carbocycles. The highest BCUT2D eigenvalue weighted by Crippen LogP contribution is 2.31. The number of imidazole rings is 1. The number of carbonyl (C=O) groups excluding carboxylic acids is 1. The van der Waals surface area contributed by atoms with E-state index in [-0.39, 0.29) is 12.6 Å². The number of aromatic nitrogens is 3. The number of esters is 1. The van der Waals surface area contributed by atoms with Crippen molar-refractivity contribution in [3.8, 4) is 0 Å². The summed E-state index contributed by atoms with van der Waals surface area (Å²) in [7, 11) is 0. The quantitative estimate of drug-likeness (QED) is 0.484. The maximum Gasteiger partial charge on any atom is 0.302 e. The number of carbonyl (C=O) groups is 1. The van der Waals surface area contributed by atoms with Gasteiger partial charge in [0, 0.05) is 18.7 Å². The van der Waals surface area contributed by atoms with E-state index in [1.54, 1.807) is 0 Å². The molecule has 0 unspecified atom stereocenters. The molecule has 0 saturated carbocycles. The highest BCUT2D eigenvalue weighted by atomic mass is 16.5. The van der Waals surface area contributed by atoms with Gasteiger partial charge in [-0.3, -0.25) is 9.78 Å². The molecule has 0 bridgehead atoms. The van der Waals surface area contributed by atoms with Gasteiger partial charge in [0.15, 0.2) is 0 Å². The van der Waals surface area contributed by atoms with Crippen LogP contribution in [0.1, 0.15) is 32.2 Å². The van der Waals surface area contributed by atoms with Gasteiger partial charge in [-0.1, -0.05) is 48.5 Å². The maximum absolute atomic E-state index is 11.5. The average Bonchev–Trinajstić information content (AvgIpc) is 3.06. The molecule has 2 aromatic heterocycles. The minimum atomic E-state index is -0.464. The van der Waals surface area contributed by atoms with Crippen molar-refractivity contribution < 1.29 is 9.53 Å². The number of para-hydroxylation sites is 1. The summed E-state index contributed by atoms with van der Waals surface area (Å²) >= 11 is 0. The fourth-order valence-corrected chi connectivity index (χ4v) is 3.64. The number of hydrogen-bond donors (Lipinski definition) is 0. The van der Waals surface area contributed by atoms with E-state index in [1.807, 2.05) is 42.6 Å². The zero-order valence-electron chi connectivity index (χ0n) is 16.3. The summed E-state index contributed by atoms with van der Waals surface area (Å²) in [6, 6.07) is 18.3. The van der Waals surface area contributed by atoms with Crippen molar-refractivity contribution in [2.75, 3.05) is 6.61 Å². The Kier molecular flexibility index (Phi) is 4.59. The predicted octanol–water partition coefficient (Wildman–Crippen LogP) is 4.47. The third kappa shape index (κ3) is 3.36. The standard InChI is InChI=1S/C23H23N3O2/c1-16(27)28-15-23(2,3)26-21(13-17-9-5-4-6-10-17)25-20-14-24-19-12-8-7-11-18(19)22(20)26/h4-12,14H,13,15H2,1-3H3. The Bertz CT molecular complexity index is 1150. The second-order valence-electron chi connectivity index (χ2n) is 7.63. The first kappa shape index (κ1) is 18.2. The van der Waals surface area contributed by atoms with Crippen LogP contribution >= 0.6 is 0 Å². The first-order chi connectivity index (χ1) is 13.5. The molecule has 0 fully saturated rings. The Morgan fingerprint density at radius 1 is 1.04 bits per heavy atom. The molecule has 5 nitrogen and oxygen atoms in total. The van der Waals surface area contributed by atoms with Crippen molar-refractivity contribution in [3.63, 3.8) is 0 Å². The third-order valence-corrected chi connectivity index (χ3v) is 4.90. The zero-order valence-corrected chi connectivity index (χ0v) is 16.3. The van der Waals surface area contributed by atoms with Crippen molar-refractivity contribution in [2.45, 2.75) is 32.7 Å². The third-order valence-electron chi connectivity index (χ3n) is 4.90. The van der Waals surface area contributed by atoms with Crippen molar-refractivity contribution in [1.82, 2.24) is 14.5 Å². The summed E-state index contributed by atoms with van der Waals surface area (Å²) in [6.45, 7) is 5.85. The van der Waals surface area contributed by atoms with Crippen molar-refractivity contribution in [1.29, 1.82) is 0 Å². The minimum absolute atomic E-state index is 0.270. The molecule has 0 spiro atoms. The second kappa shape index (κ2) is 7.08. The summed E-state index contributed by atoms with van der Waals surface area (Å²) in [4.78, 5) is 20.9. The average molecular weight is 373 g/mol. The number of hydrogen-bond acceptors (Lipinski definition) is 4. The van der Waals surface area contributed by atoms with Gasteiger partial charge < -0.3 is 9.30 Å². The van der Waals surface area contributed by atoms with Crippen LogP contribution in [0.25, 0.3) is 21.9 Å². The van der Waals surface area contributed by atoms with Crippen LogP contribution in [0.4, 0.5) is 0 Å². The molecule has 0 aliphatic rings. The smallest absolute Gasteiger partial charge is 0.302 e. The molecule has 0 N–H and O–H groups in total. The van der Waals surface area contributed by atoms with Gasteiger partial charge >= 0.3 is 5.97 Å². The highest BCUT2D eigenvalue weighted by Gasteiger charge is 2.28. The minimum Gasteiger partial charge on any atom is -0.463 e. The van der Waals surface area contributed by atoms with Crippen LogP contribution in [-0.2, 0) is 21.5 Å². The van der Waals surface area contributed by atoms with Crippen LogP contribution in [0.15, 0.2) is 60.8 Å². The number of fused-ring (bicyclic) bond motifs is 3. The summed E-state index contributed by atoms with van der Waals surface area (Å²) in [6.07, 6.45) is 2.51. The van der Waals surface area contributed by atoms with E-state index >= 15 is 0 Å². The molecule has 4 aromatic rings. The summed E-state index contributed by atoms with van der Waals surface area (Å²) in [5, 5.41) is 1.04. The van der Waals surface area contributed by atoms with Gasteiger partial charge in [-0.25, -0.2) is 4.98 Å². The number of rotatable bonds is 5. The number of ether oxygens (including phenoxy) is 1. The zero-order chi connectivity index (χ0) is 19.7. The van der Waals surface area contributed by atoms with Gasteiger partial charge in [0.25, 0.3) is 0 Å². The van der Waals surface area contributed by atoms with E-state index in [4.69, 9.17) is 9.72 Å². The Balaban J connectivity index is 1.95. The van der Waals surface area contributed by atoms with Crippen LogP contribution in [0.5, 0.6) is 0 Å². The lowest BCUT2D eigenvalue weighted by Crippen LogP contribution is -2.34. The maximum atomic E-state index is 11.5. The van der Waals surface area contributed by atoms with Crippen LogP contribution in [-0.4, -0.2) is 27.1 Å². The Labute approximate surface area is 164 Å². The first-order valence-corrected chi connectivity index (χ1v) is 9.38. The fraction of sp³-hybridized carbons (Fsp3) is 0.261. The largest absolute Gasteiger partial charge is 0.463 e. The predicted molar refractivity (Wildman–Crippen MR) is 110 cm³/mol. The fourth-order valence-electron chi connectivity index (χ4n) is 3.64. The lowest BCUT2D eigenvalue weighted by molar-refractivity contribution is -0.143. The molecule has 0 atom stereocenters. The highest BCUT2D eigenvalue weighted by molar-refractivity contribution is 6.02. The number of nitrogens with zero attached hydrogens (tertiary/aromatic N) is 3. The molecule has 142 valence electrons. The molecular formula is C23H23N3O2. The molecule has 0 radical (unpaired) electrons. The Hall–Kier alpha value is -3.21. The molecule has 2 heterocycles. The molecule has 0 amide bonds.